The van der Waals surface area contributed by atoms with Crippen LogP contribution in [0.15, 0.2) is 23.2 Å². The van der Waals surface area contributed by atoms with E-state index in [2.05, 4.69) is 23.2 Å². The molecule has 128 valence electrons. The van der Waals surface area contributed by atoms with Crippen LogP contribution in [-0.2, 0) is 13.1 Å². The van der Waals surface area contributed by atoms with Crippen molar-refractivity contribution in [3.05, 3.63) is 28.8 Å². The number of aromatic nitrogens is 1. The van der Waals surface area contributed by atoms with E-state index in [0.29, 0.717) is 5.13 Å². The lowest BCUT2D eigenvalue weighted by Gasteiger charge is -2.19. The van der Waals surface area contributed by atoms with Crippen LogP contribution in [0.5, 0.6) is 11.5 Å². The molecule has 0 fully saturated rings. The van der Waals surface area contributed by atoms with Crippen LogP contribution in [0.4, 0.5) is 5.13 Å². The molecule has 0 amide bonds. The number of nitrogens with zero attached hydrogens (tertiary/aromatic N) is 2. The number of rotatable bonds is 7. The van der Waals surface area contributed by atoms with Gasteiger partial charge in [0.25, 0.3) is 0 Å². The third kappa shape index (κ3) is 5.17. The Labute approximate surface area is 151 Å². The van der Waals surface area contributed by atoms with Crippen molar-refractivity contribution in [3.8, 4) is 11.5 Å². The molecule has 0 aliphatic carbocycles. The van der Waals surface area contributed by atoms with Crippen LogP contribution in [0.1, 0.15) is 10.4 Å². The van der Waals surface area contributed by atoms with E-state index in [1.807, 2.05) is 18.3 Å². The predicted molar refractivity (Wildman–Crippen MR) is 100 cm³/mol. The lowest BCUT2D eigenvalue weighted by atomic mass is 10.2. The summed E-state index contributed by atoms with van der Waals surface area (Å²) in [6.07, 6.45) is 3.90. The molecule has 0 aliphatic heterocycles. The molecule has 23 heavy (non-hydrogen) atoms. The molecule has 0 bridgehead atoms. The van der Waals surface area contributed by atoms with Gasteiger partial charge >= 0.3 is 0 Å². The predicted octanol–water partition coefficient (Wildman–Crippen LogP) is 3.52. The third-order valence-electron chi connectivity index (χ3n) is 3.22. The van der Waals surface area contributed by atoms with Gasteiger partial charge in [-0.15, -0.1) is 35.5 Å². The van der Waals surface area contributed by atoms with Gasteiger partial charge in [0.1, 0.15) is 0 Å². The summed E-state index contributed by atoms with van der Waals surface area (Å²) in [5, 5.41) is 0.610. The van der Waals surface area contributed by atoms with E-state index in [-0.39, 0.29) is 12.4 Å². The highest BCUT2D eigenvalue weighted by molar-refractivity contribution is 7.98. The van der Waals surface area contributed by atoms with Gasteiger partial charge in [0, 0.05) is 29.1 Å². The largest absolute Gasteiger partial charge is 0.493 e. The summed E-state index contributed by atoms with van der Waals surface area (Å²) in [7, 11) is 5.39. The van der Waals surface area contributed by atoms with Crippen molar-refractivity contribution in [2.45, 2.75) is 18.0 Å². The molecule has 0 radical (unpaired) electrons. The Morgan fingerprint density at radius 3 is 2.39 bits per heavy atom. The molecule has 0 saturated heterocycles. The van der Waals surface area contributed by atoms with Crippen LogP contribution < -0.4 is 15.2 Å². The van der Waals surface area contributed by atoms with E-state index in [1.165, 1.54) is 21.8 Å². The van der Waals surface area contributed by atoms with Gasteiger partial charge in [0.2, 0.25) is 0 Å². The number of nitrogens with two attached hydrogens (primary N) is 1. The summed E-state index contributed by atoms with van der Waals surface area (Å²) in [6, 6.07) is 4.07. The number of thiazole rings is 1. The van der Waals surface area contributed by atoms with E-state index >= 15 is 0 Å². The van der Waals surface area contributed by atoms with Crippen LogP contribution in [0.2, 0.25) is 0 Å². The smallest absolute Gasteiger partial charge is 0.180 e. The molecule has 1 aromatic heterocycles. The SMILES string of the molecule is COc1cc(CN(C)Cc2cnc(N)s2)c(SC)cc1OC.Cl. The fourth-order valence-corrected chi connectivity index (χ4v) is 3.60. The fraction of sp³-hybridized carbons (Fsp3) is 0.400. The lowest BCUT2D eigenvalue weighted by molar-refractivity contribution is 0.316. The zero-order chi connectivity index (χ0) is 16.1. The molecular weight excluding hydrogens is 354 g/mol. The zero-order valence-electron chi connectivity index (χ0n) is 13.7. The van der Waals surface area contributed by atoms with Gasteiger partial charge in [-0.05, 0) is 31.0 Å². The number of hydrogen-bond donors (Lipinski definition) is 1. The number of hydrogen-bond acceptors (Lipinski definition) is 7. The lowest BCUT2D eigenvalue weighted by Crippen LogP contribution is -2.17. The number of halogens is 1. The number of nitrogen functional groups attached to an aromatic ring is 1. The molecule has 0 atom stereocenters. The Balaban J connectivity index is 0.00000264. The maximum absolute atomic E-state index is 5.68. The van der Waals surface area contributed by atoms with Crippen molar-refractivity contribution in [1.29, 1.82) is 0 Å². The Kier molecular flexibility index (Phi) is 7.98. The number of anilines is 1. The highest BCUT2D eigenvalue weighted by atomic mass is 35.5. The van der Waals surface area contributed by atoms with Crippen molar-refractivity contribution in [1.82, 2.24) is 9.88 Å². The van der Waals surface area contributed by atoms with Crippen molar-refractivity contribution in [3.63, 3.8) is 0 Å². The normalized spacial score (nSPS) is 10.5. The van der Waals surface area contributed by atoms with Gasteiger partial charge in [0.05, 0.1) is 14.2 Å². The van der Waals surface area contributed by atoms with Gasteiger partial charge in [0.15, 0.2) is 16.6 Å². The first-order valence-corrected chi connectivity index (χ1v) is 8.79. The number of benzene rings is 1. The Morgan fingerprint density at radius 1 is 1.22 bits per heavy atom. The van der Waals surface area contributed by atoms with E-state index in [0.717, 1.165) is 29.5 Å². The first-order chi connectivity index (χ1) is 10.6. The molecule has 2 rings (SSSR count). The Hall–Kier alpha value is -1.15. The quantitative estimate of drug-likeness (QED) is 0.747. The van der Waals surface area contributed by atoms with Crippen LogP contribution in [-0.4, -0.2) is 37.4 Å². The van der Waals surface area contributed by atoms with Gasteiger partial charge in [-0.2, -0.15) is 0 Å². The standard InChI is InChI=1S/C15H21N3O2S2.ClH/c1-18(9-11-7-17-15(16)22-11)8-10-5-12(19-2)13(20-3)6-14(10)21-4;/h5-7H,8-9H2,1-4H3,(H2,16,17);1H. The van der Waals surface area contributed by atoms with E-state index in [9.17, 15) is 0 Å². The van der Waals surface area contributed by atoms with Crippen LogP contribution in [0, 0.1) is 0 Å². The zero-order valence-corrected chi connectivity index (χ0v) is 16.1. The van der Waals surface area contributed by atoms with E-state index < -0.39 is 0 Å². The van der Waals surface area contributed by atoms with Crippen LogP contribution >= 0.6 is 35.5 Å². The van der Waals surface area contributed by atoms with Crippen LogP contribution in [0.3, 0.4) is 0 Å². The molecule has 2 N–H and O–H groups in total. The highest BCUT2D eigenvalue weighted by Gasteiger charge is 2.13. The van der Waals surface area contributed by atoms with E-state index in [4.69, 9.17) is 15.2 Å². The van der Waals surface area contributed by atoms with Crippen LogP contribution in [0.25, 0.3) is 0 Å². The summed E-state index contributed by atoms with van der Waals surface area (Å²) < 4.78 is 10.8. The maximum Gasteiger partial charge on any atom is 0.180 e. The van der Waals surface area contributed by atoms with Crippen molar-refractivity contribution in [2.75, 3.05) is 33.3 Å². The second-order valence-corrected chi connectivity index (χ2v) is 6.85. The second kappa shape index (κ2) is 9.22. The average molecular weight is 376 g/mol. The average Bonchev–Trinajstić information content (AvgIpc) is 2.91. The fourth-order valence-electron chi connectivity index (χ4n) is 2.22. The minimum atomic E-state index is 0. The van der Waals surface area contributed by atoms with Crippen molar-refractivity contribution in [2.24, 2.45) is 0 Å². The molecule has 0 spiro atoms. The molecule has 1 heterocycles. The summed E-state index contributed by atoms with van der Waals surface area (Å²) in [5.74, 6) is 1.51. The molecule has 0 unspecified atom stereocenters. The summed E-state index contributed by atoms with van der Waals surface area (Å²) in [5.41, 5.74) is 6.89. The minimum absolute atomic E-state index is 0. The number of ether oxygens (including phenoxy) is 2. The first-order valence-electron chi connectivity index (χ1n) is 6.75. The Bertz CT molecular complexity index is 637. The van der Waals surface area contributed by atoms with Gasteiger partial charge in [-0.25, -0.2) is 4.98 Å². The molecule has 0 aliphatic rings. The van der Waals surface area contributed by atoms with Crippen molar-refractivity contribution >= 4 is 40.6 Å². The second-order valence-electron chi connectivity index (χ2n) is 4.86. The molecule has 1 aromatic carbocycles. The Morgan fingerprint density at radius 2 is 1.87 bits per heavy atom. The summed E-state index contributed by atoms with van der Waals surface area (Å²) in [6.45, 7) is 1.63. The minimum Gasteiger partial charge on any atom is -0.493 e. The monoisotopic (exact) mass is 375 g/mol. The van der Waals surface area contributed by atoms with Crippen molar-refractivity contribution < 1.29 is 9.47 Å². The van der Waals surface area contributed by atoms with Gasteiger partial charge < -0.3 is 15.2 Å². The molecule has 2 aromatic rings. The maximum atomic E-state index is 5.68. The highest BCUT2D eigenvalue weighted by Crippen LogP contribution is 2.35. The number of thioether (sulfide) groups is 1. The van der Waals surface area contributed by atoms with Gasteiger partial charge in [-0.1, -0.05) is 0 Å². The summed E-state index contributed by atoms with van der Waals surface area (Å²) >= 11 is 3.23. The topological polar surface area (TPSA) is 60.6 Å². The molecule has 8 heteroatoms. The van der Waals surface area contributed by atoms with E-state index in [1.54, 1.807) is 26.0 Å². The molecule has 5 nitrogen and oxygen atoms in total. The first kappa shape index (κ1) is 19.9. The van der Waals surface area contributed by atoms with Gasteiger partial charge in [-0.3, -0.25) is 4.90 Å². The third-order valence-corrected chi connectivity index (χ3v) is 4.86. The number of methoxy groups -OCH3 is 2. The molecular formula is C15H22ClN3O2S2. The summed E-state index contributed by atoms with van der Waals surface area (Å²) in [4.78, 5) is 8.67. The molecule has 0 saturated carbocycles.